The average molecular weight is 349 g/mol. The zero-order chi connectivity index (χ0) is 18.5. The first-order valence-corrected chi connectivity index (χ1v) is 8.76. The Bertz CT molecular complexity index is 853. The number of hydrogen-bond donors (Lipinski definition) is 1. The number of methoxy groups -OCH3 is 1. The van der Waals surface area contributed by atoms with Gasteiger partial charge in [0.15, 0.2) is 5.78 Å². The van der Waals surface area contributed by atoms with Crippen molar-refractivity contribution in [1.29, 1.82) is 0 Å². The third-order valence-corrected chi connectivity index (χ3v) is 4.63. The van der Waals surface area contributed by atoms with Crippen molar-refractivity contribution in [2.45, 2.75) is 26.2 Å². The number of ketones is 1. The number of ether oxygens (including phenoxy) is 1. The fraction of sp³-hybridized carbons (Fsp3) is 0.273. The number of carbonyl (C=O) groups excluding carboxylic acids is 1. The van der Waals surface area contributed by atoms with Crippen LogP contribution in [0.3, 0.4) is 0 Å². The van der Waals surface area contributed by atoms with Crippen LogP contribution in [0, 0.1) is 5.92 Å². The van der Waals surface area contributed by atoms with Gasteiger partial charge in [-0.05, 0) is 37.0 Å². The topological polar surface area (TPSA) is 58.9 Å². The Morgan fingerprint density at radius 1 is 1.12 bits per heavy atom. The summed E-state index contributed by atoms with van der Waals surface area (Å²) in [7, 11) is 1.58. The highest BCUT2D eigenvalue weighted by molar-refractivity contribution is 6.22. The third-order valence-electron chi connectivity index (χ3n) is 4.63. The predicted molar refractivity (Wildman–Crippen MR) is 103 cm³/mol. The lowest BCUT2D eigenvalue weighted by atomic mass is 9.82. The molecule has 1 aliphatic rings. The first kappa shape index (κ1) is 17.9. The largest absolute Gasteiger partial charge is 0.511 e. The summed E-state index contributed by atoms with van der Waals surface area (Å²) in [6, 6.07) is 17.4. The number of aliphatic imine (C=N–C) groups is 1. The maximum absolute atomic E-state index is 12.7. The number of nitrogens with zero attached hydrogens (tertiary/aromatic N) is 1. The molecule has 4 heteroatoms. The maximum atomic E-state index is 12.7. The number of benzene rings is 2. The van der Waals surface area contributed by atoms with E-state index in [-0.39, 0.29) is 17.5 Å². The van der Waals surface area contributed by atoms with E-state index in [1.165, 1.54) is 5.56 Å². The molecule has 0 saturated heterocycles. The summed E-state index contributed by atoms with van der Waals surface area (Å²) in [6.45, 7) is 1.76. The normalized spacial score (nSPS) is 18.2. The zero-order valence-corrected chi connectivity index (χ0v) is 15.1. The number of aliphatic hydroxyl groups excluding tert-OH is 1. The summed E-state index contributed by atoms with van der Waals surface area (Å²) in [5.41, 5.74) is 2.70. The van der Waals surface area contributed by atoms with Gasteiger partial charge in [0.1, 0.15) is 17.2 Å². The number of aliphatic hydroxyl groups is 1. The van der Waals surface area contributed by atoms with Crippen molar-refractivity contribution in [3.63, 3.8) is 0 Å². The molecule has 134 valence electrons. The van der Waals surface area contributed by atoms with Gasteiger partial charge >= 0.3 is 0 Å². The monoisotopic (exact) mass is 349 g/mol. The molecule has 2 aromatic carbocycles. The van der Waals surface area contributed by atoms with Crippen molar-refractivity contribution in [2.24, 2.45) is 10.9 Å². The van der Waals surface area contributed by atoms with E-state index in [0.717, 1.165) is 6.42 Å². The minimum atomic E-state index is -0.0502. The molecule has 26 heavy (non-hydrogen) atoms. The highest BCUT2D eigenvalue weighted by Gasteiger charge is 2.29. The Kier molecular flexibility index (Phi) is 5.52. The molecule has 0 aromatic heterocycles. The summed E-state index contributed by atoms with van der Waals surface area (Å²) in [5, 5.41) is 10.5. The summed E-state index contributed by atoms with van der Waals surface area (Å²) >= 11 is 0. The Labute approximate surface area is 153 Å². The predicted octanol–water partition coefficient (Wildman–Crippen LogP) is 4.82. The standard InChI is InChI=1S/C22H23NO3/c1-15(23-18-10-6-7-11-21(18)26-2)22-19(24)13-17(14-20(22)25)12-16-8-4-3-5-9-16/h3-11,17,24H,12-14H2,1-2H3. The van der Waals surface area contributed by atoms with Crippen molar-refractivity contribution < 1.29 is 14.6 Å². The average Bonchev–Trinajstić information content (AvgIpc) is 2.62. The molecule has 0 aliphatic heterocycles. The molecule has 0 radical (unpaired) electrons. The number of hydrogen-bond acceptors (Lipinski definition) is 4. The summed E-state index contributed by atoms with van der Waals surface area (Å²) in [5.74, 6) is 0.842. The van der Waals surface area contributed by atoms with Crippen LogP contribution in [0.1, 0.15) is 25.3 Å². The number of para-hydroxylation sites is 2. The minimum Gasteiger partial charge on any atom is -0.511 e. The molecule has 1 aliphatic carbocycles. The second-order valence-electron chi connectivity index (χ2n) is 6.58. The number of Topliss-reactive ketones (excluding diaryl/α,β-unsaturated/α-hetero) is 1. The van der Waals surface area contributed by atoms with Crippen LogP contribution in [0.2, 0.25) is 0 Å². The first-order chi connectivity index (χ1) is 12.6. The molecule has 2 aromatic rings. The lowest BCUT2D eigenvalue weighted by Gasteiger charge is -2.23. The molecule has 0 bridgehead atoms. The molecule has 0 amide bonds. The van der Waals surface area contributed by atoms with Crippen LogP contribution in [0.25, 0.3) is 0 Å². The van der Waals surface area contributed by atoms with Gasteiger partial charge < -0.3 is 9.84 Å². The SMILES string of the molecule is COc1ccccc1N=C(C)C1=C(O)CC(Cc2ccccc2)CC1=O. The van der Waals surface area contributed by atoms with Crippen LogP contribution in [0.4, 0.5) is 5.69 Å². The molecule has 0 fully saturated rings. The van der Waals surface area contributed by atoms with Gasteiger partial charge in [0.25, 0.3) is 0 Å². The van der Waals surface area contributed by atoms with Gasteiger partial charge in [-0.1, -0.05) is 42.5 Å². The van der Waals surface area contributed by atoms with E-state index in [9.17, 15) is 9.90 Å². The van der Waals surface area contributed by atoms with E-state index >= 15 is 0 Å². The fourth-order valence-electron chi connectivity index (χ4n) is 3.43. The Balaban J connectivity index is 1.82. The lowest BCUT2D eigenvalue weighted by molar-refractivity contribution is -0.116. The number of allylic oxidation sites excluding steroid dienone is 2. The van der Waals surface area contributed by atoms with E-state index in [2.05, 4.69) is 17.1 Å². The smallest absolute Gasteiger partial charge is 0.168 e. The van der Waals surface area contributed by atoms with Gasteiger partial charge in [-0.15, -0.1) is 0 Å². The first-order valence-electron chi connectivity index (χ1n) is 8.76. The number of rotatable bonds is 5. The quantitative estimate of drug-likeness (QED) is 0.787. The van der Waals surface area contributed by atoms with Gasteiger partial charge in [-0.25, -0.2) is 4.99 Å². The van der Waals surface area contributed by atoms with Crippen LogP contribution in [-0.4, -0.2) is 23.7 Å². The lowest BCUT2D eigenvalue weighted by Crippen LogP contribution is -2.24. The second kappa shape index (κ2) is 8.00. The Hall–Kier alpha value is -2.88. The summed E-state index contributed by atoms with van der Waals surface area (Å²) < 4.78 is 5.30. The molecular formula is C22H23NO3. The van der Waals surface area contributed by atoms with Crippen molar-refractivity contribution in [3.05, 3.63) is 71.5 Å². The molecule has 0 spiro atoms. The van der Waals surface area contributed by atoms with E-state index in [1.807, 2.05) is 42.5 Å². The van der Waals surface area contributed by atoms with Crippen LogP contribution < -0.4 is 4.74 Å². The highest BCUT2D eigenvalue weighted by atomic mass is 16.5. The molecule has 1 atom stereocenters. The highest BCUT2D eigenvalue weighted by Crippen LogP contribution is 2.32. The van der Waals surface area contributed by atoms with Crippen molar-refractivity contribution in [2.75, 3.05) is 7.11 Å². The molecule has 1 unspecified atom stereocenters. The molecule has 0 saturated carbocycles. The van der Waals surface area contributed by atoms with E-state index in [4.69, 9.17) is 4.74 Å². The zero-order valence-electron chi connectivity index (χ0n) is 15.1. The van der Waals surface area contributed by atoms with E-state index in [1.54, 1.807) is 14.0 Å². The molecule has 4 nitrogen and oxygen atoms in total. The molecule has 3 rings (SSSR count). The van der Waals surface area contributed by atoms with Gasteiger partial charge in [0.05, 0.1) is 18.4 Å². The van der Waals surface area contributed by atoms with Gasteiger partial charge in [0, 0.05) is 12.8 Å². The second-order valence-corrected chi connectivity index (χ2v) is 6.58. The minimum absolute atomic E-state index is 0.0502. The van der Waals surface area contributed by atoms with Crippen molar-refractivity contribution in [3.8, 4) is 5.75 Å². The molecule has 1 N–H and O–H groups in total. The van der Waals surface area contributed by atoms with Gasteiger partial charge in [0.2, 0.25) is 0 Å². The summed E-state index contributed by atoms with van der Waals surface area (Å²) in [6.07, 6.45) is 1.70. The van der Waals surface area contributed by atoms with Crippen LogP contribution in [0.15, 0.2) is 70.9 Å². The van der Waals surface area contributed by atoms with E-state index in [0.29, 0.717) is 35.6 Å². The van der Waals surface area contributed by atoms with Crippen LogP contribution in [0.5, 0.6) is 5.75 Å². The Morgan fingerprint density at radius 3 is 2.50 bits per heavy atom. The van der Waals surface area contributed by atoms with Crippen molar-refractivity contribution in [1.82, 2.24) is 0 Å². The van der Waals surface area contributed by atoms with E-state index < -0.39 is 0 Å². The fourth-order valence-corrected chi connectivity index (χ4v) is 3.43. The molecule has 0 heterocycles. The maximum Gasteiger partial charge on any atom is 0.168 e. The van der Waals surface area contributed by atoms with Gasteiger partial charge in [-0.3, -0.25) is 4.79 Å². The van der Waals surface area contributed by atoms with Crippen LogP contribution in [-0.2, 0) is 11.2 Å². The van der Waals surface area contributed by atoms with Crippen molar-refractivity contribution >= 4 is 17.2 Å². The van der Waals surface area contributed by atoms with Crippen LogP contribution >= 0.6 is 0 Å². The third kappa shape index (κ3) is 4.02. The number of carbonyl (C=O) groups is 1. The Morgan fingerprint density at radius 2 is 1.81 bits per heavy atom. The molecular weight excluding hydrogens is 326 g/mol. The van der Waals surface area contributed by atoms with Gasteiger partial charge in [-0.2, -0.15) is 0 Å². The summed E-state index contributed by atoms with van der Waals surface area (Å²) in [4.78, 5) is 17.2.